The van der Waals surface area contributed by atoms with Gasteiger partial charge in [0.15, 0.2) is 0 Å². The molecule has 3 nitrogen and oxygen atoms in total. The maximum absolute atomic E-state index is 10.8. The fourth-order valence-electron chi connectivity index (χ4n) is 3.55. The van der Waals surface area contributed by atoms with Gasteiger partial charge in [0.1, 0.15) is 5.78 Å². The highest BCUT2D eigenvalue weighted by molar-refractivity contribution is 5.75. The molecule has 0 radical (unpaired) electrons. The van der Waals surface area contributed by atoms with Gasteiger partial charge in [-0.3, -0.25) is 4.79 Å². The molecule has 0 aromatic heterocycles. The molecular formula is C22H47NO2. The molecule has 0 aromatic rings. The van der Waals surface area contributed by atoms with Crippen LogP contribution in [0, 0.1) is 35.5 Å². The first-order valence-electron chi connectivity index (χ1n) is 9.67. The third-order valence-electron chi connectivity index (χ3n) is 4.98. The van der Waals surface area contributed by atoms with E-state index in [4.69, 9.17) is 5.73 Å². The van der Waals surface area contributed by atoms with E-state index in [-0.39, 0.29) is 13.3 Å². The zero-order valence-corrected chi connectivity index (χ0v) is 17.7. The molecule has 152 valence electrons. The van der Waals surface area contributed by atoms with Crippen LogP contribution in [-0.2, 0) is 9.59 Å². The lowest BCUT2D eigenvalue weighted by atomic mass is 9.82. The minimum atomic E-state index is -0.179. The Balaban J connectivity index is -0.000000372. The predicted molar refractivity (Wildman–Crippen MR) is 111 cm³/mol. The molecule has 1 amide bonds. The molecule has 0 unspecified atom stereocenters. The largest absolute Gasteiger partial charge is 0.370 e. The smallest absolute Gasteiger partial charge is 0.217 e. The van der Waals surface area contributed by atoms with E-state index in [1.807, 2.05) is 0 Å². The minimum Gasteiger partial charge on any atom is -0.370 e. The van der Waals surface area contributed by atoms with Crippen molar-refractivity contribution in [3.05, 3.63) is 0 Å². The average molecular weight is 358 g/mol. The van der Waals surface area contributed by atoms with E-state index in [1.54, 1.807) is 6.92 Å². The first kappa shape index (κ1) is 28.9. The minimum absolute atomic E-state index is 0. The molecule has 0 rings (SSSR count). The van der Waals surface area contributed by atoms with Crippen molar-refractivity contribution < 1.29 is 9.59 Å². The lowest BCUT2D eigenvalue weighted by molar-refractivity contribution is -0.118. The summed E-state index contributed by atoms with van der Waals surface area (Å²) in [4.78, 5) is 21.4. The number of carbonyl (C=O) groups excluding carboxylic acids is 2. The molecule has 0 atom stereocenters. The van der Waals surface area contributed by atoms with Crippen LogP contribution in [0.1, 0.15) is 95.4 Å². The van der Waals surface area contributed by atoms with Crippen LogP contribution in [0.2, 0.25) is 0 Å². The van der Waals surface area contributed by atoms with Crippen molar-refractivity contribution in [3.63, 3.8) is 0 Å². The number of Topliss-reactive ketones (excluding diaryl/α,β-unsaturated/α-hetero) is 1. The van der Waals surface area contributed by atoms with Gasteiger partial charge in [-0.25, -0.2) is 0 Å². The number of amides is 1. The van der Waals surface area contributed by atoms with E-state index >= 15 is 0 Å². The van der Waals surface area contributed by atoms with Crippen LogP contribution in [-0.4, -0.2) is 11.7 Å². The van der Waals surface area contributed by atoms with Crippen molar-refractivity contribution in [2.75, 3.05) is 0 Å². The van der Waals surface area contributed by atoms with Crippen molar-refractivity contribution in [3.8, 4) is 0 Å². The summed E-state index contributed by atoms with van der Waals surface area (Å²) >= 11 is 0. The molecule has 0 saturated heterocycles. The maximum atomic E-state index is 10.8. The Kier molecular flexibility index (Phi) is 17.8. The molecule has 0 spiro atoms. The van der Waals surface area contributed by atoms with Crippen LogP contribution in [0.15, 0.2) is 0 Å². The Bertz CT molecular complexity index is 296. The highest BCUT2D eigenvalue weighted by Gasteiger charge is 2.18. The number of ketones is 1. The second-order valence-corrected chi connectivity index (χ2v) is 8.55. The first-order chi connectivity index (χ1) is 10.9. The monoisotopic (exact) mass is 357 g/mol. The molecule has 0 bridgehead atoms. The van der Waals surface area contributed by atoms with Gasteiger partial charge >= 0.3 is 0 Å². The van der Waals surface area contributed by atoms with Crippen LogP contribution >= 0.6 is 0 Å². The first-order valence-corrected chi connectivity index (χ1v) is 9.67. The average Bonchev–Trinajstić information content (AvgIpc) is 2.37. The standard InChI is InChI=1S/C11H22O.C10H21NO.CH4/c1-8(2)11(9(3)4)7-6-10(5)12;1-7(2)9(8(3)4)5-6-10(11)12;/h8-9,11H,6-7H2,1-5H3;7-9H,5-6H2,1-4H3,(H2,11,12);1H4. The molecule has 2 N–H and O–H groups in total. The molecule has 0 aliphatic heterocycles. The van der Waals surface area contributed by atoms with E-state index in [0.717, 1.165) is 19.3 Å². The number of rotatable bonds is 10. The second kappa shape index (κ2) is 15.4. The van der Waals surface area contributed by atoms with Crippen molar-refractivity contribution in [2.45, 2.75) is 95.4 Å². The van der Waals surface area contributed by atoms with Gasteiger partial charge < -0.3 is 10.5 Å². The molecule has 0 aromatic carbocycles. The molecule has 0 aliphatic carbocycles. The summed E-state index contributed by atoms with van der Waals surface area (Å²) < 4.78 is 0. The third kappa shape index (κ3) is 16.4. The summed E-state index contributed by atoms with van der Waals surface area (Å²) in [5.41, 5.74) is 5.10. The van der Waals surface area contributed by atoms with E-state index < -0.39 is 0 Å². The molecule has 0 saturated carbocycles. The van der Waals surface area contributed by atoms with Gasteiger partial charge in [0, 0.05) is 12.8 Å². The van der Waals surface area contributed by atoms with Crippen LogP contribution in [0.5, 0.6) is 0 Å². The van der Waals surface area contributed by atoms with Crippen LogP contribution in [0.25, 0.3) is 0 Å². The van der Waals surface area contributed by atoms with Gasteiger partial charge in [-0.15, -0.1) is 0 Å². The highest BCUT2D eigenvalue weighted by Crippen LogP contribution is 2.25. The number of primary amides is 1. The molecule has 3 heteroatoms. The predicted octanol–water partition coefficient (Wildman–Crippen LogP) is 6.10. The van der Waals surface area contributed by atoms with Crippen LogP contribution < -0.4 is 5.73 Å². The lowest BCUT2D eigenvalue weighted by Gasteiger charge is -2.24. The number of hydrogen-bond acceptors (Lipinski definition) is 2. The number of hydrogen-bond donors (Lipinski definition) is 1. The summed E-state index contributed by atoms with van der Waals surface area (Å²) in [6.45, 7) is 19.4. The van der Waals surface area contributed by atoms with E-state index in [1.165, 1.54) is 0 Å². The van der Waals surface area contributed by atoms with Gasteiger partial charge in [0.2, 0.25) is 5.91 Å². The fourth-order valence-corrected chi connectivity index (χ4v) is 3.55. The zero-order valence-electron chi connectivity index (χ0n) is 17.7. The molecule has 0 aliphatic rings. The summed E-state index contributed by atoms with van der Waals surface area (Å²) in [6.07, 6.45) is 3.28. The molecule has 0 heterocycles. The van der Waals surface area contributed by atoms with Crippen molar-refractivity contribution in [1.82, 2.24) is 0 Å². The van der Waals surface area contributed by atoms with Crippen molar-refractivity contribution >= 4 is 11.7 Å². The highest BCUT2D eigenvalue weighted by atomic mass is 16.1. The molecular weight excluding hydrogens is 310 g/mol. The Morgan fingerprint density at radius 3 is 1.16 bits per heavy atom. The summed E-state index contributed by atoms with van der Waals surface area (Å²) in [5, 5.41) is 0. The zero-order chi connectivity index (χ0) is 19.4. The van der Waals surface area contributed by atoms with Gasteiger partial charge in [-0.2, -0.15) is 0 Å². The lowest BCUT2D eigenvalue weighted by Crippen LogP contribution is -2.19. The van der Waals surface area contributed by atoms with Gasteiger partial charge in [-0.1, -0.05) is 62.8 Å². The van der Waals surface area contributed by atoms with E-state index in [2.05, 4.69) is 55.4 Å². The second-order valence-electron chi connectivity index (χ2n) is 8.55. The normalized spacial score (nSPS) is 11.2. The van der Waals surface area contributed by atoms with Gasteiger partial charge in [-0.05, 0) is 55.3 Å². The maximum Gasteiger partial charge on any atom is 0.217 e. The fraction of sp³-hybridized carbons (Fsp3) is 0.909. The SMILES string of the molecule is C.CC(=O)CCC(C(C)C)C(C)C.CC(C)C(CCC(N)=O)C(C)C. The van der Waals surface area contributed by atoms with E-state index in [9.17, 15) is 9.59 Å². The number of carbonyl (C=O) groups is 2. The Hall–Kier alpha value is -0.860. The summed E-state index contributed by atoms with van der Waals surface area (Å²) in [5.74, 6) is 4.15. The van der Waals surface area contributed by atoms with E-state index in [0.29, 0.717) is 47.7 Å². The van der Waals surface area contributed by atoms with Crippen LogP contribution in [0.3, 0.4) is 0 Å². The quantitative estimate of drug-likeness (QED) is 0.513. The Morgan fingerprint density at radius 1 is 0.680 bits per heavy atom. The Labute approximate surface area is 158 Å². The topological polar surface area (TPSA) is 60.2 Å². The summed E-state index contributed by atoms with van der Waals surface area (Å²) in [6, 6.07) is 0. The molecule has 25 heavy (non-hydrogen) atoms. The Morgan fingerprint density at radius 2 is 0.960 bits per heavy atom. The van der Waals surface area contributed by atoms with Crippen molar-refractivity contribution in [1.29, 1.82) is 0 Å². The van der Waals surface area contributed by atoms with Crippen LogP contribution in [0.4, 0.5) is 0 Å². The summed E-state index contributed by atoms with van der Waals surface area (Å²) in [7, 11) is 0. The molecule has 0 fully saturated rings. The number of nitrogens with two attached hydrogens (primary N) is 1. The van der Waals surface area contributed by atoms with Crippen molar-refractivity contribution in [2.24, 2.45) is 41.2 Å². The third-order valence-corrected chi connectivity index (χ3v) is 4.98. The van der Waals surface area contributed by atoms with Gasteiger partial charge in [0.05, 0.1) is 0 Å². The van der Waals surface area contributed by atoms with Gasteiger partial charge in [0.25, 0.3) is 0 Å².